The van der Waals surface area contributed by atoms with E-state index in [1.807, 2.05) is 6.92 Å². The molecule has 0 N–H and O–H groups in total. The molecule has 0 amide bonds. The minimum absolute atomic E-state index is 0.0470. The summed E-state index contributed by atoms with van der Waals surface area (Å²) in [5.41, 5.74) is 1.64. The molecule has 0 saturated carbocycles. The van der Waals surface area contributed by atoms with Crippen LogP contribution in [0.3, 0.4) is 0 Å². The van der Waals surface area contributed by atoms with E-state index in [9.17, 15) is 17.6 Å². The number of ether oxygens (including phenoxy) is 1. The maximum Gasteiger partial charge on any atom is 0.211 e. The van der Waals surface area contributed by atoms with Crippen LogP contribution in [0.4, 0.5) is 4.39 Å². The smallest absolute Gasteiger partial charge is 0.211 e. The van der Waals surface area contributed by atoms with Crippen LogP contribution in [0.1, 0.15) is 11.1 Å². The number of benzene rings is 3. The molecule has 0 fully saturated rings. The van der Waals surface area contributed by atoms with Crippen LogP contribution in [-0.2, 0) is 16.4 Å². The standard InChI is InChI=1S/C24H20FNO4S/c1-16-3-10-20(11-4-16)31(28,29)23-15-26(14-17-5-7-18(25)8-6-17)22-12-9-19(30-2)13-21(22)24(23)27/h3-13,15H,14H2,1-2H3. The van der Waals surface area contributed by atoms with Gasteiger partial charge in [0.2, 0.25) is 15.3 Å². The minimum atomic E-state index is -4.05. The number of aromatic nitrogens is 1. The third-order valence-electron chi connectivity index (χ3n) is 5.14. The summed E-state index contributed by atoms with van der Waals surface area (Å²) in [7, 11) is -2.58. The van der Waals surface area contributed by atoms with Gasteiger partial charge in [0, 0.05) is 12.7 Å². The number of hydrogen-bond donors (Lipinski definition) is 0. The Labute approximate surface area is 179 Å². The largest absolute Gasteiger partial charge is 0.497 e. The van der Waals surface area contributed by atoms with Gasteiger partial charge in [0.05, 0.1) is 22.9 Å². The van der Waals surface area contributed by atoms with E-state index in [2.05, 4.69) is 0 Å². The zero-order valence-corrected chi connectivity index (χ0v) is 17.8. The van der Waals surface area contributed by atoms with Crippen LogP contribution in [0, 0.1) is 12.7 Å². The van der Waals surface area contributed by atoms with Crippen molar-refractivity contribution in [2.24, 2.45) is 0 Å². The highest BCUT2D eigenvalue weighted by atomic mass is 32.2. The summed E-state index contributed by atoms with van der Waals surface area (Å²) in [6.07, 6.45) is 1.36. The molecule has 0 aliphatic heterocycles. The first-order chi connectivity index (χ1) is 14.8. The predicted molar refractivity (Wildman–Crippen MR) is 117 cm³/mol. The fraction of sp³-hybridized carbons (Fsp3) is 0.125. The van der Waals surface area contributed by atoms with Gasteiger partial charge < -0.3 is 9.30 Å². The number of pyridine rings is 1. The zero-order chi connectivity index (χ0) is 22.2. The Morgan fingerprint density at radius 3 is 2.29 bits per heavy atom. The summed E-state index contributed by atoms with van der Waals surface area (Å²) in [4.78, 5) is 13.0. The van der Waals surface area contributed by atoms with Gasteiger partial charge in [-0.25, -0.2) is 12.8 Å². The van der Waals surface area contributed by atoms with Gasteiger partial charge in [0.1, 0.15) is 16.5 Å². The molecule has 0 radical (unpaired) electrons. The van der Waals surface area contributed by atoms with E-state index in [-0.39, 0.29) is 27.5 Å². The minimum Gasteiger partial charge on any atom is -0.497 e. The molecule has 5 nitrogen and oxygen atoms in total. The molecule has 7 heteroatoms. The van der Waals surface area contributed by atoms with Crippen molar-refractivity contribution < 1.29 is 17.5 Å². The van der Waals surface area contributed by atoms with Crippen molar-refractivity contribution in [2.75, 3.05) is 7.11 Å². The molecule has 4 aromatic rings. The second kappa shape index (κ2) is 8.00. The van der Waals surface area contributed by atoms with Crippen LogP contribution in [0.2, 0.25) is 0 Å². The highest BCUT2D eigenvalue weighted by Gasteiger charge is 2.24. The van der Waals surface area contributed by atoms with Crippen LogP contribution in [0.15, 0.2) is 87.5 Å². The van der Waals surface area contributed by atoms with Crippen molar-refractivity contribution >= 4 is 20.7 Å². The molecule has 1 heterocycles. The average molecular weight is 437 g/mol. The number of aryl methyl sites for hydroxylation is 1. The fourth-order valence-electron chi connectivity index (χ4n) is 3.43. The second-order valence-corrected chi connectivity index (χ2v) is 9.19. The third kappa shape index (κ3) is 3.96. The number of fused-ring (bicyclic) bond motifs is 1. The number of sulfone groups is 1. The van der Waals surface area contributed by atoms with Gasteiger partial charge in [0.25, 0.3) is 0 Å². The van der Waals surface area contributed by atoms with E-state index >= 15 is 0 Å². The zero-order valence-electron chi connectivity index (χ0n) is 17.0. The van der Waals surface area contributed by atoms with Crippen LogP contribution < -0.4 is 10.2 Å². The van der Waals surface area contributed by atoms with Crippen LogP contribution in [-0.4, -0.2) is 20.1 Å². The molecule has 31 heavy (non-hydrogen) atoms. The fourth-order valence-corrected chi connectivity index (χ4v) is 4.80. The molecule has 0 saturated heterocycles. The topological polar surface area (TPSA) is 65.4 Å². The van der Waals surface area contributed by atoms with Crippen molar-refractivity contribution in [1.29, 1.82) is 0 Å². The number of methoxy groups -OCH3 is 1. The Bertz CT molecular complexity index is 1420. The van der Waals surface area contributed by atoms with Gasteiger partial charge in [-0.05, 0) is 55.0 Å². The summed E-state index contributed by atoms with van der Waals surface area (Å²) < 4.78 is 46.9. The third-order valence-corrected chi connectivity index (χ3v) is 6.90. The Balaban J connectivity index is 1.96. The number of hydrogen-bond acceptors (Lipinski definition) is 4. The molecule has 0 spiro atoms. The summed E-state index contributed by atoms with van der Waals surface area (Å²) in [6, 6.07) is 17.2. The van der Waals surface area contributed by atoms with Gasteiger partial charge >= 0.3 is 0 Å². The van der Waals surface area contributed by atoms with Gasteiger partial charge in [0.15, 0.2) is 0 Å². The normalized spacial score (nSPS) is 11.6. The highest BCUT2D eigenvalue weighted by Crippen LogP contribution is 2.25. The summed E-state index contributed by atoms with van der Waals surface area (Å²) in [5, 5.41) is 0.231. The van der Waals surface area contributed by atoms with E-state index in [0.29, 0.717) is 11.3 Å². The lowest BCUT2D eigenvalue weighted by Crippen LogP contribution is -2.19. The van der Waals surface area contributed by atoms with Crippen molar-refractivity contribution in [2.45, 2.75) is 23.3 Å². The lowest BCUT2D eigenvalue weighted by Gasteiger charge is -2.15. The van der Waals surface area contributed by atoms with E-state index in [0.717, 1.165) is 11.1 Å². The van der Waals surface area contributed by atoms with Crippen molar-refractivity contribution in [3.05, 3.63) is 100 Å². The maximum atomic E-state index is 13.3. The molecule has 0 atom stereocenters. The SMILES string of the molecule is COc1ccc2c(c1)c(=O)c(S(=O)(=O)c1ccc(C)cc1)cn2Cc1ccc(F)cc1. The van der Waals surface area contributed by atoms with Crippen molar-refractivity contribution in [3.8, 4) is 5.75 Å². The molecule has 0 aliphatic carbocycles. The Morgan fingerprint density at radius 2 is 1.65 bits per heavy atom. The second-order valence-electron chi connectivity index (χ2n) is 7.28. The van der Waals surface area contributed by atoms with Crippen molar-refractivity contribution in [1.82, 2.24) is 4.57 Å². The lowest BCUT2D eigenvalue weighted by atomic mass is 10.1. The first-order valence-corrected chi connectivity index (χ1v) is 11.1. The summed E-state index contributed by atoms with van der Waals surface area (Å²) in [5.74, 6) is 0.0868. The van der Waals surface area contributed by atoms with E-state index < -0.39 is 15.3 Å². The molecule has 0 aliphatic rings. The Kier molecular flexibility index (Phi) is 5.37. The lowest BCUT2D eigenvalue weighted by molar-refractivity contribution is 0.415. The molecule has 3 aromatic carbocycles. The summed E-state index contributed by atoms with van der Waals surface area (Å²) >= 11 is 0. The summed E-state index contributed by atoms with van der Waals surface area (Å²) in [6.45, 7) is 2.12. The maximum absolute atomic E-state index is 13.3. The number of nitrogens with zero attached hydrogens (tertiary/aromatic N) is 1. The molecular formula is C24H20FNO4S. The van der Waals surface area contributed by atoms with Crippen LogP contribution in [0.25, 0.3) is 10.9 Å². The molecular weight excluding hydrogens is 417 g/mol. The molecule has 158 valence electrons. The molecule has 0 unspecified atom stereocenters. The average Bonchev–Trinajstić information content (AvgIpc) is 2.77. The van der Waals surface area contributed by atoms with Gasteiger partial charge in [-0.2, -0.15) is 0 Å². The van der Waals surface area contributed by atoms with E-state index in [4.69, 9.17) is 4.74 Å². The van der Waals surface area contributed by atoms with E-state index in [1.165, 1.54) is 43.6 Å². The van der Waals surface area contributed by atoms with Gasteiger partial charge in [-0.15, -0.1) is 0 Å². The van der Waals surface area contributed by atoms with Crippen LogP contribution in [0.5, 0.6) is 5.75 Å². The monoisotopic (exact) mass is 437 g/mol. The number of halogens is 1. The van der Waals surface area contributed by atoms with E-state index in [1.54, 1.807) is 41.0 Å². The van der Waals surface area contributed by atoms with Crippen molar-refractivity contribution in [3.63, 3.8) is 0 Å². The first kappa shape index (κ1) is 20.8. The first-order valence-electron chi connectivity index (χ1n) is 9.57. The molecule has 4 rings (SSSR count). The quantitative estimate of drug-likeness (QED) is 0.466. The van der Waals surface area contributed by atoms with Gasteiger partial charge in [-0.3, -0.25) is 4.79 Å². The van der Waals surface area contributed by atoms with Crippen LogP contribution >= 0.6 is 0 Å². The Hall–Kier alpha value is -3.45. The Morgan fingerprint density at radius 1 is 0.968 bits per heavy atom. The highest BCUT2D eigenvalue weighted by molar-refractivity contribution is 7.91. The molecule has 0 bridgehead atoms. The van der Waals surface area contributed by atoms with Gasteiger partial charge in [-0.1, -0.05) is 29.8 Å². The predicted octanol–water partition coefficient (Wildman–Crippen LogP) is 4.34. The number of rotatable bonds is 5. The molecule has 1 aromatic heterocycles.